The Kier molecular flexibility index (Phi) is 3.42. The van der Waals surface area contributed by atoms with Crippen molar-refractivity contribution < 1.29 is 0 Å². The third-order valence-corrected chi connectivity index (χ3v) is 3.59. The molecule has 2 aliphatic heterocycles. The molecule has 2 heterocycles. The van der Waals surface area contributed by atoms with E-state index >= 15 is 0 Å². The van der Waals surface area contributed by atoms with E-state index in [1.54, 1.807) is 0 Å². The van der Waals surface area contributed by atoms with Crippen LogP contribution in [0.15, 0.2) is 0 Å². The first-order chi connectivity index (χ1) is 6.77. The summed E-state index contributed by atoms with van der Waals surface area (Å²) in [6.07, 6.45) is 5.36. The van der Waals surface area contributed by atoms with Crippen molar-refractivity contribution in [3.05, 3.63) is 0 Å². The molecule has 2 saturated heterocycles. The van der Waals surface area contributed by atoms with Gasteiger partial charge in [-0.15, -0.1) is 0 Å². The quantitative estimate of drug-likeness (QED) is 0.694. The number of rotatable bonds is 2. The monoisotopic (exact) mass is 197 g/mol. The van der Waals surface area contributed by atoms with E-state index in [0.29, 0.717) is 18.1 Å². The van der Waals surface area contributed by atoms with E-state index in [0.717, 1.165) is 6.54 Å². The smallest absolute Gasteiger partial charge is 0.0352 e. The predicted octanol–water partition coefficient (Wildman–Crippen LogP) is 1.12. The second-order valence-corrected chi connectivity index (χ2v) is 4.86. The Morgan fingerprint density at radius 1 is 1.14 bits per heavy atom. The third-order valence-electron chi connectivity index (χ3n) is 3.59. The van der Waals surface area contributed by atoms with Gasteiger partial charge in [-0.3, -0.25) is 5.43 Å². The van der Waals surface area contributed by atoms with Crippen molar-refractivity contribution in [3.63, 3.8) is 0 Å². The Hall–Kier alpha value is -0.120. The number of hydrogen-bond donors (Lipinski definition) is 2. The van der Waals surface area contributed by atoms with E-state index in [9.17, 15) is 0 Å². The maximum atomic E-state index is 3.69. The summed E-state index contributed by atoms with van der Waals surface area (Å²) in [5.41, 5.74) is 3.69. The summed E-state index contributed by atoms with van der Waals surface area (Å²) in [7, 11) is 0. The van der Waals surface area contributed by atoms with E-state index < -0.39 is 0 Å². The first kappa shape index (κ1) is 10.4. The maximum Gasteiger partial charge on any atom is 0.0352 e. The summed E-state index contributed by atoms with van der Waals surface area (Å²) in [4.78, 5) is 0. The van der Waals surface area contributed by atoms with E-state index in [1.165, 1.54) is 32.2 Å². The molecule has 0 spiro atoms. The molecule has 0 saturated carbocycles. The Labute approximate surface area is 87.2 Å². The molecule has 3 heteroatoms. The fraction of sp³-hybridized carbons (Fsp3) is 1.00. The van der Waals surface area contributed by atoms with Crippen molar-refractivity contribution in [2.24, 2.45) is 0 Å². The molecule has 0 bridgehead atoms. The lowest BCUT2D eigenvalue weighted by atomic mass is 10.00. The molecule has 0 aliphatic carbocycles. The Balaban J connectivity index is 1.86. The first-order valence-electron chi connectivity index (χ1n) is 6.02. The lowest BCUT2D eigenvalue weighted by molar-refractivity contribution is 0.0325. The van der Waals surface area contributed by atoms with E-state index in [1.807, 2.05) is 0 Å². The van der Waals surface area contributed by atoms with Crippen molar-refractivity contribution >= 4 is 0 Å². The highest BCUT2D eigenvalue weighted by Gasteiger charge is 2.27. The van der Waals surface area contributed by atoms with Gasteiger partial charge in [-0.2, -0.15) is 0 Å². The van der Waals surface area contributed by atoms with Crippen LogP contribution in [0.1, 0.15) is 39.5 Å². The predicted molar refractivity (Wildman–Crippen MR) is 59.0 cm³/mol. The molecular formula is C11H23N3. The van der Waals surface area contributed by atoms with Crippen LogP contribution >= 0.6 is 0 Å². The van der Waals surface area contributed by atoms with Crippen LogP contribution in [0.4, 0.5) is 0 Å². The van der Waals surface area contributed by atoms with Gasteiger partial charge in [0, 0.05) is 24.7 Å². The van der Waals surface area contributed by atoms with Crippen molar-refractivity contribution in [1.82, 2.24) is 15.8 Å². The fourth-order valence-electron chi connectivity index (χ4n) is 2.65. The zero-order valence-corrected chi connectivity index (χ0v) is 9.42. The summed E-state index contributed by atoms with van der Waals surface area (Å²) >= 11 is 0. The van der Waals surface area contributed by atoms with Gasteiger partial charge in [0.25, 0.3) is 0 Å². The second-order valence-electron chi connectivity index (χ2n) is 4.86. The highest BCUT2D eigenvalue weighted by Crippen LogP contribution is 2.20. The molecule has 0 amide bonds. The van der Waals surface area contributed by atoms with Crippen LogP contribution < -0.4 is 10.7 Å². The Morgan fingerprint density at radius 3 is 2.43 bits per heavy atom. The SMILES string of the molecule is CC1CCCC(C)N1NC1CCNC1. The van der Waals surface area contributed by atoms with Gasteiger partial charge in [0.15, 0.2) is 0 Å². The minimum absolute atomic E-state index is 0.665. The Bertz CT molecular complexity index is 167. The molecule has 3 atom stereocenters. The summed E-state index contributed by atoms with van der Waals surface area (Å²) in [6.45, 7) is 6.99. The van der Waals surface area contributed by atoms with Crippen LogP contribution in [0.25, 0.3) is 0 Å². The van der Waals surface area contributed by atoms with Gasteiger partial charge in [-0.05, 0) is 39.7 Å². The van der Waals surface area contributed by atoms with E-state index in [2.05, 4.69) is 29.6 Å². The number of piperidine rings is 1. The molecule has 3 nitrogen and oxygen atoms in total. The van der Waals surface area contributed by atoms with Gasteiger partial charge < -0.3 is 5.32 Å². The molecule has 2 fully saturated rings. The molecule has 82 valence electrons. The normalized spacial score (nSPS) is 40.3. The van der Waals surface area contributed by atoms with Gasteiger partial charge in [-0.25, -0.2) is 5.01 Å². The molecule has 0 aromatic rings. The molecule has 2 rings (SSSR count). The summed E-state index contributed by atoms with van der Waals surface area (Å²) in [5, 5.41) is 5.89. The topological polar surface area (TPSA) is 27.3 Å². The average Bonchev–Trinajstić information content (AvgIpc) is 2.64. The number of nitrogens with zero attached hydrogens (tertiary/aromatic N) is 1. The van der Waals surface area contributed by atoms with Crippen molar-refractivity contribution in [2.75, 3.05) is 13.1 Å². The summed E-state index contributed by atoms with van der Waals surface area (Å²) in [5.74, 6) is 0. The van der Waals surface area contributed by atoms with Gasteiger partial charge in [0.1, 0.15) is 0 Å². The van der Waals surface area contributed by atoms with Crippen molar-refractivity contribution in [1.29, 1.82) is 0 Å². The van der Waals surface area contributed by atoms with Crippen molar-refractivity contribution in [3.8, 4) is 0 Å². The van der Waals surface area contributed by atoms with Crippen LogP contribution in [0.2, 0.25) is 0 Å². The van der Waals surface area contributed by atoms with Gasteiger partial charge >= 0.3 is 0 Å². The largest absolute Gasteiger partial charge is 0.315 e. The number of hydrazine groups is 1. The number of hydrogen-bond acceptors (Lipinski definition) is 3. The van der Waals surface area contributed by atoms with Crippen molar-refractivity contribution in [2.45, 2.75) is 57.7 Å². The maximum absolute atomic E-state index is 3.69. The van der Waals surface area contributed by atoms with Crippen LogP contribution in [-0.2, 0) is 0 Å². The van der Waals surface area contributed by atoms with Gasteiger partial charge in [-0.1, -0.05) is 6.42 Å². The Morgan fingerprint density at radius 2 is 1.86 bits per heavy atom. The summed E-state index contributed by atoms with van der Waals surface area (Å²) < 4.78 is 0. The lowest BCUT2D eigenvalue weighted by Gasteiger charge is -2.40. The second kappa shape index (κ2) is 4.60. The molecule has 0 radical (unpaired) electrons. The zero-order valence-electron chi connectivity index (χ0n) is 9.42. The van der Waals surface area contributed by atoms with E-state index in [4.69, 9.17) is 0 Å². The first-order valence-corrected chi connectivity index (χ1v) is 6.02. The van der Waals surface area contributed by atoms with Gasteiger partial charge in [0.2, 0.25) is 0 Å². The van der Waals surface area contributed by atoms with Crippen LogP contribution in [0.5, 0.6) is 0 Å². The minimum Gasteiger partial charge on any atom is -0.315 e. The zero-order chi connectivity index (χ0) is 9.97. The van der Waals surface area contributed by atoms with Crippen LogP contribution in [0, 0.1) is 0 Å². The van der Waals surface area contributed by atoms with E-state index in [-0.39, 0.29) is 0 Å². The third kappa shape index (κ3) is 2.27. The number of nitrogens with one attached hydrogen (secondary N) is 2. The lowest BCUT2D eigenvalue weighted by Crippen LogP contribution is -2.55. The molecule has 0 aromatic carbocycles. The van der Waals surface area contributed by atoms with Crippen LogP contribution in [0.3, 0.4) is 0 Å². The molecule has 0 aromatic heterocycles. The standard InChI is InChI=1S/C11H23N3/c1-9-4-3-5-10(2)14(9)13-11-6-7-12-8-11/h9-13H,3-8H2,1-2H3. The molecule has 3 unspecified atom stereocenters. The highest BCUT2D eigenvalue weighted by molar-refractivity contribution is 4.82. The average molecular weight is 197 g/mol. The van der Waals surface area contributed by atoms with Gasteiger partial charge in [0.05, 0.1) is 0 Å². The van der Waals surface area contributed by atoms with Crippen LogP contribution in [-0.4, -0.2) is 36.2 Å². The highest BCUT2D eigenvalue weighted by atomic mass is 15.5. The minimum atomic E-state index is 0.665. The molecule has 2 aliphatic rings. The molecule has 2 N–H and O–H groups in total. The molecular weight excluding hydrogens is 174 g/mol. The summed E-state index contributed by atoms with van der Waals surface area (Å²) in [6, 6.07) is 2.08. The fourth-order valence-corrected chi connectivity index (χ4v) is 2.65. The molecule has 14 heavy (non-hydrogen) atoms.